The van der Waals surface area contributed by atoms with Gasteiger partial charge in [0.15, 0.2) is 17.1 Å². The van der Waals surface area contributed by atoms with Crippen LogP contribution in [0.15, 0.2) is 23.8 Å². The van der Waals surface area contributed by atoms with Gasteiger partial charge in [-0.05, 0) is 49.8 Å². The van der Waals surface area contributed by atoms with E-state index in [1.807, 2.05) is 0 Å². The van der Waals surface area contributed by atoms with Gasteiger partial charge >= 0.3 is 5.97 Å². The molecule has 38 heavy (non-hydrogen) atoms. The molecule has 0 spiro atoms. The number of aliphatic hydroxyl groups excluding tert-OH is 1. The van der Waals surface area contributed by atoms with Crippen LogP contribution < -0.4 is 0 Å². The Morgan fingerprint density at radius 3 is 2.39 bits per heavy atom. The Hall–Kier alpha value is -2.07. The zero-order valence-electron chi connectivity index (χ0n) is 22.9. The molecule has 0 aromatic carbocycles. The van der Waals surface area contributed by atoms with E-state index in [0.717, 1.165) is 6.08 Å². The zero-order chi connectivity index (χ0) is 28.6. The number of amides is 1. The molecule has 0 bridgehead atoms. The average molecular weight is 554 g/mol. The number of nitrogens with zero attached hydrogens (tertiary/aromatic N) is 1. The lowest BCUT2D eigenvalue weighted by molar-refractivity contribution is -0.229. The number of thioether (sulfide) groups is 1. The van der Waals surface area contributed by atoms with Gasteiger partial charge in [0, 0.05) is 48.5 Å². The summed E-state index contributed by atoms with van der Waals surface area (Å²) in [6.45, 7) is 8.18. The van der Waals surface area contributed by atoms with E-state index in [2.05, 4.69) is 0 Å². The van der Waals surface area contributed by atoms with Crippen molar-refractivity contribution in [3.63, 3.8) is 0 Å². The van der Waals surface area contributed by atoms with E-state index in [9.17, 15) is 24.3 Å². The van der Waals surface area contributed by atoms with Crippen LogP contribution >= 0.6 is 11.8 Å². The van der Waals surface area contributed by atoms with E-state index >= 15 is 8.78 Å². The van der Waals surface area contributed by atoms with Crippen molar-refractivity contribution in [1.82, 2.24) is 4.90 Å². The first kappa shape index (κ1) is 28.9. The zero-order valence-corrected chi connectivity index (χ0v) is 23.7. The first-order chi connectivity index (χ1) is 17.5. The SMILES string of the molecule is CC(C)C(=O)O[C@]1(C(=O)SC(=O)N(C)C)[C@H](C)C[C@H]2[C@@H]3C[C@H](F)C4=CC(=O)C=C[C@]4(C)[C@@]3(F)[C@@H](O)C[C@@]21C. The van der Waals surface area contributed by atoms with Crippen molar-refractivity contribution < 1.29 is 37.8 Å². The molecule has 0 aliphatic heterocycles. The molecule has 9 atom stereocenters. The number of alkyl halides is 2. The maximum absolute atomic E-state index is 17.4. The Kier molecular flexibility index (Phi) is 7.04. The smallest absolute Gasteiger partial charge is 0.309 e. The van der Waals surface area contributed by atoms with Crippen molar-refractivity contribution >= 4 is 33.9 Å². The highest BCUT2D eigenvalue weighted by molar-refractivity contribution is 8.26. The number of halogens is 2. The molecule has 4 aliphatic carbocycles. The fourth-order valence-corrected chi connectivity index (χ4v) is 8.71. The minimum atomic E-state index is -2.32. The van der Waals surface area contributed by atoms with E-state index in [4.69, 9.17) is 4.74 Å². The Morgan fingerprint density at radius 1 is 1.18 bits per heavy atom. The molecule has 0 saturated heterocycles. The van der Waals surface area contributed by atoms with Crippen molar-refractivity contribution in [3.05, 3.63) is 23.8 Å². The normalized spacial score (nSPS) is 43.6. The van der Waals surface area contributed by atoms with Crippen LogP contribution in [0.25, 0.3) is 0 Å². The molecule has 1 amide bonds. The summed E-state index contributed by atoms with van der Waals surface area (Å²) in [5.74, 6) is -3.97. The number of aliphatic hydroxyl groups is 1. The first-order valence-electron chi connectivity index (χ1n) is 13.1. The van der Waals surface area contributed by atoms with E-state index in [0.29, 0.717) is 11.8 Å². The molecule has 210 valence electrons. The molecule has 3 fully saturated rings. The molecule has 10 heteroatoms. The summed E-state index contributed by atoms with van der Waals surface area (Å²) in [7, 11) is 2.99. The van der Waals surface area contributed by atoms with Gasteiger partial charge in [-0.1, -0.05) is 33.8 Å². The highest BCUT2D eigenvalue weighted by Crippen LogP contribution is 2.72. The summed E-state index contributed by atoms with van der Waals surface area (Å²) in [6.07, 6.45) is 0.119. The molecule has 4 aliphatic rings. The van der Waals surface area contributed by atoms with Gasteiger partial charge < -0.3 is 14.7 Å². The molecule has 0 aromatic heterocycles. The monoisotopic (exact) mass is 553 g/mol. The van der Waals surface area contributed by atoms with Gasteiger partial charge in [0.25, 0.3) is 5.24 Å². The van der Waals surface area contributed by atoms with E-state index in [1.165, 1.54) is 38.1 Å². The lowest BCUT2D eigenvalue weighted by Crippen LogP contribution is -2.70. The second-order valence-electron chi connectivity index (χ2n) is 12.4. The second kappa shape index (κ2) is 9.25. The number of carbonyl (C=O) groups excluding carboxylic acids is 4. The van der Waals surface area contributed by atoms with Gasteiger partial charge in [-0.15, -0.1) is 0 Å². The fraction of sp³-hybridized carbons (Fsp3) is 0.714. The molecule has 3 saturated carbocycles. The number of fused-ring (bicyclic) bond motifs is 5. The molecule has 0 aromatic rings. The van der Waals surface area contributed by atoms with Crippen molar-refractivity contribution in [2.75, 3.05) is 14.1 Å². The van der Waals surface area contributed by atoms with Gasteiger partial charge in [0.1, 0.15) is 6.17 Å². The summed E-state index contributed by atoms with van der Waals surface area (Å²) in [5, 5.41) is 10.3. The van der Waals surface area contributed by atoms with Gasteiger partial charge in [0.05, 0.1) is 12.0 Å². The Labute approximate surface area is 226 Å². The van der Waals surface area contributed by atoms with Crippen LogP contribution in [0.3, 0.4) is 0 Å². The molecule has 4 rings (SSSR count). The summed E-state index contributed by atoms with van der Waals surface area (Å²) in [4.78, 5) is 52.9. The van der Waals surface area contributed by atoms with Crippen molar-refractivity contribution in [3.8, 4) is 0 Å². The number of hydrogen-bond acceptors (Lipinski definition) is 7. The summed E-state index contributed by atoms with van der Waals surface area (Å²) < 4.78 is 39.2. The standard InChI is InChI=1S/C28H37F2NO6S/c1-14(2)22(34)37-28(23(35)38-24(36)31(6)7)15(3)10-17-18-12-20(29)19-11-16(32)8-9-25(19,4)27(18,30)21(33)13-26(17,28)5/h8-9,11,14-15,17-18,20-21,33H,10,12-13H2,1-7H3/t15-,17+,18+,20+,21+,25+,26+,27+,28+/m1/s1. The largest absolute Gasteiger partial charge is 0.449 e. The number of rotatable bonds is 3. The quantitative estimate of drug-likeness (QED) is 0.516. The fourth-order valence-electron chi connectivity index (χ4n) is 7.74. The van der Waals surface area contributed by atoms with Crippen LogP contribution in [0.2, 0.25) is 0 Å². The Morgan fingerprint density at radius 2 is 1.82 bits per heavy atom. The van der Waals surface area contributed by atoms with E-state index in [1.54, 1.807) is 27.7 Å². The van der Waals surface area contributed by atoms with Crippen molar-refractivity contribution in [1.29, 1.82) is 0 Å². The van der Waals surface area contributed by atoms with Gasteiger partial charge in [-0.3, -0.25) is 19.2 Å². The summed E-state index contributed by atoms with van der Waals surface area (Å²) in [5.41, 5.74) is -6.99. The van der Waals surface area contributed by atoms with Crippen LogP contribution in [0.4, 0.5) is 13.6 Å². The predicted octanol–water partition coefficient (Wildman–Crippen LogP) is 4.43. The van der Waals surface area contributed by atoms with E-state index in [-0.39, 0.29) is 24.8 Å². The molecule has 0 unspecified atom stereocenters. The highest BCUT2D eigenvalue weighted by atomic mass is 32.2. The third kappa shape index (κ3) is 3.68. The van der Waals surface area contributed by atoms with Gasteiger partial charge in [-0.25, -0.2) is 8.78 Å². The highest BCUT2D eigenvalue weighted by Gasteiger charge is 2.78. The predicted molar refractivity (Wildman–Crippen MR) is 139 cm³/mol. The first-order valence-corrected chi connectivity index (χ1v) is 13.9. The summed E-state index contributed by atoms with van der Waals surface area (Å²) >= 11 is 0.427. The number of allylic oxidation sites excluding steroid dienone is 4. The minimum Gasteiger partial charge on any atom is -0.449 e. The molecule has 0 heterocycles. The number of hydrogen-bond donors (Lipinski definition) is 1. The molecule has 1 N–H and O–H groups in total. The van der Waals surface area contributed by atoms with Crippen LogP contribution in [-0.2, 0) is 19.1 Å². The molecular weight excluding hydrogens is 516 g/mol. The maximum Gasteiger partial charge on any atom is 0.309 e. The lowest BCUT2D eigenvalue weighted by Gasteiger charge is -2.63. The second-order valence-corrected chi connectivity index (χ2v) is 13.3. The number of carbonyl (C=O) groups is 4. The third-order valence-electron chi connectivity index (χ3n) is 9.75. The maximum atomic E-state index is 17.4. The number of ketones is 1. The topological polar surface area (TPSA) is 101 Å². The number of ether oxygens (including phenoxy) is 1. The lowest BCUT2D eigenvalue weighted by atomic mass is 9.44. The Balaban J connectivity index is 1.87. The average Bonchev–Trinajstić information content (AvgIpc) is 3.04. The van der Waals surface area contributed by atoms with Crippen molar-refractivity contribution in [2.45, 2.75) is 77.4 Å². The van der Waals surface area contributed by atoms with Crippen LogP contribution in [-0.4, -0.2) is 69.8 Å². The van der Waals surface area contributed by atoms with Crippen LogP contribution in [0.5, 0.6) is 0 Å². The van der Waals surface area contributed by atoms with E-state index < -0.39 is 80.2 Å². The van der Waals surface area contributed by atoms with Crippen molar-refractivity contribution in [2.24, 2.45) is 34.5 Å². The molecular formula is C28H37F2NO6S. The summed E-state index contributed by atoms with van der Waals surface area (Å²) in [6, 6.07) is 0. The number of esters is 1. The van der Waals surface area contributed by atoms with Crippen LogP contribution in [0.1, 0.15) is 53.9 Å². The minimum absolute atomic E-state index is 0.0122. The van der Waals surface area contributed by atoms with Gasteiger partial charge in [-0.2, -0.15) is 0 Å². The van der Waals surface area contributed by atoms with Crippen LogP contribution in [0, 0.1) is 34.5 Å². The third-order valence-corrected chi connectivity index (χ3v) is 10.8. The molecule has 7 nitrogen and oxygen atoms in total. The molecule has 0 radical (unpaired) electrons. The Bertz CT molecular complexity index is 1140. The van der Waals surface area contributed by atoms with Gasteiger partial charge in [0.2, 0.25) is 5.12 Å².